The van der Waals surface area contributed by atoms with Crippen LogP contribution < -0.4 is 9.86 Å². The Labute approximate surface area is 98.3 Å². The Bertz CT molecular complexity index is 617. The molecule has 2 aromatic rings. The van der Waals surface area contributed by atoms with Gasteiger partial charge in [-0.15, -0.1) is 11.3 Å². The molecule has 86 valence electrons. The molecule has 0 radical (unpaired) electrons. The number of fused-ring (bicyclic) bond motifs is 1. The Kier molecular flexibility index (Phi) is 2.88. The summed E-state index contributed by atoms with van der Waals surface area (Å²) in [6.07, 6.45) is 0.939. The molecule has 0 spiro atoms. The van der Waals surface area contributed by atoms with E-state index in [0.717, 1.165) is 16.5 Å². The quantitative estimate of drug-likeness (QED) is 0.882. The zero-order valence-electron chi connectivity index (χ0n) is 8.73. The van der Waals surface area contributed by atoms with E-state index in [1.807, 2.05) is 12.1 Å². The monoisotopic (exact) mass is 256 g/mol. The molecule has 0 fully saturated rings. The van der Waals surface area contributed by atoms with E-state index in [1.54, 1.807) is 17.4 Å². The van der Waals surface area contributed by atoms with Crippen LogP contribution in [0.2, 0.25) is 0 Å². The van der Waals surface area contributed by atoms with Crippen molar-refractivity contribution in [2.24, 2.45) is 5.14 Å². The molecule has 1 aromatic heterocycles. The minimum atomic E-state index is -3.71. The average Bonchev–Trinajstić information content (AvgIpc) is 2.59. The summed E-state index contributed by atoms with van der Waals surface area (Å²) in [5, 5.41) is 6.00. The highest BCUT2D eigenvalue weighted by Gasteiger charge is 2.08. The van der Waals surface area contributed by atoms with Gasteiger partial charge in [0.2, 0.25) is 0 Å². The van der Waals surface area contributed by atoms with Crippen LogP contribution >= 0.6 is 11.3 Å². The summed E-state index contributed by atoms with van der Waals surface area (Å²) in [5.74, 6) is 0. The third-order valence-electron chi connectivity index (χ3n) is 2.20. The lowest BCUT2D eigenvalue weighted by Crippen LogP contribution is -2.21. The van der Waals surface area contributed by atoms with E-state index in [4.69, 9.17) is 5.14 Å². The second kappa shape index (κ2) is 4.04. The molecule has 16 heavy (non-hydrogen) atoms. The van der Waals surface area contributed by atoms with Crippen LogP contribution in [0.4, 0.5) is 5.69 Å². The van der Waals surface area contributed by atoms with Crippen molar-refractivity contribution in [3.05, 3.63) is 29.1 Å². The van der Waals surface area contributed by atoms with Gasteiger partial charge in [0.15, 0.2) is 0 Å². The van der Waals surface area contributed by atoms with Crippen molar-refractivity contribution in [1.29, 1.82) is 0 Å². The van der Waals surface area contributed by atoms with Crippen molar-refractivity contribution >= 4 is 37.3 Å². The maximum Gasteiger partial charge on any atom is 0.296 e. The van der Waals surface area contributed by atoms with E-state index >= 15 is 0 Å². The number of rotatable bonds is 3. The lowest BCUT2D eigenvalue weighted by Gasteiger charge is -2.03. The normalized spacial score (nSPS) is 11.9. The number of nitrogens with two attached hydrogens (primary N) is 1. The molecule has 3 N–H and O–H groups in total. The highest BCUT2D eigenvalue weighted by Crippen LogP contribution is 2.32. The van der Waals surface area contributed by atoms with Gasteiger partial charge in [0.1, 0.15) is 0 Å². The largest absolute Gasteiger partial charge is 0.296 e. The predicted molar refractivity (Wildman–Crippen MR) is 67.9 cm³/mol. The van der Waals surface area contributed by atoms with E-state index in [2.05, 4.69) is 17.7 Å². The highest BCUT2D eigenvalue weighted by molar-refractivity contribution is 7.90. The Hall–Kier alpha value is -1.11. The maximum absolute atomic E-state index is 11.0. The summed E-state index contributed by atoms with van der Waals surface area (Å²) >= 11 is 1.58. The topological polar surface area (TPSA) is 72.2 Å². The minimum absolute atomic E-state index is 0.546. The number of nitrogens with one attached hydrogen (secondary N) is 1. The predicted octanol–water partition coefficient (Wildman–Crippen LogP) is 2.08. The molecule has 4 nitrogen and oxygen atoms in total. The van der Waals surface area contributed by atoms with E-state index in [1.165, 1.54) is 4.88 Å². The fourth-order valence-electron chi connectivity index (χ4n) is 1.52. The zero-order chi connectivity index (χ0) is 11.8. The van der Waals surface area contributed by atoms with Gasteiger partial charge in [0, 0.05) is 4.88 Å². The van der Waals surface area contributed by atoms with Gasteiger partial charge in [-0.05, 0) is 23.9 Å². The molecule has 1 aromatic carbocycles. The first-order chi connectivity index (χ1) is 7.49. The molecule has 2 rings (SSSR count). The first-order valence-electron chi connectivity index (χ1n) is 4.81. The van der Waals surface area contributed by atoms with Gasteiger partial charge >= 0.3 is 0 Å². The zero-order valence-corrected chi connectivity index (χ0v) is 10.4. The van der Waals surface area contributed by atoms with Crippen molar-refractivity contribution in [3.63, 3.8) is 0 Å². The summed E-state index contributed by atoms with van der Waals surface area (Å²) in [6.45, 7) is 2.07. The highest BCUT2D eigenvalue weighted by atomic mass is 32.2. The molecule has 1 heterocycles. The first kappa shape index (κ1) is 11.4. The molecule has 0 amide bonds. The van der Waals surface area contributed by atoms with Crippen LogP contribution in [0.1, 0.15) is 11.8 Å². The molecule has 0 atom stereocenters. The van der Waals surface area contributed by atoms with E-state index in [-0.39, 0.29) is 0 Å². The van der Waals surface area contributed by atoms with Crippen LogP contribution in [0.25, 0.3) is 10.1 Å². The van der Waals surface area contributed by atoms with Crippen molar-refractivity contribution in [1.82, 2.24) is 0 Å². The van der Waals surface area contributed by atoms with E-state index in [0.29, 0.717) is 5.69 Å². The lowest BCUT2D eigenvalue weighted by molar-refractivity contribution is 0.603. The fraction of sp³-hybridized carbons (Fsp3) is 0.200. The van der Waals surface area contributed by atoms with Gasteiger partial charge in [0.25, 0.3) is 10.2 Å². The number of anilines is 1. The van der Waals surface area contributed by atoms with Crippen LogP contribution in [0.5, 0.6) is 0 Å². The Morgan fingerprint density at radius 2 is 2.19 bits per heavy atom. The van der Waals surface area contributed by atoms with Crippen molar-refractivity contribution in [2.75, 3.05) is 4.72 Å². The van der Waals surface area contributed by atoms with Crippen LogP contribution in [-0.4, -0.2) is 8.42 Å². The fourth-order valence-corrected chi connectivity index (χ4v) is 3.13. The van der Waals surface area contributed by atoms with E-state index in [9.17, 15) is 8.42 Å². The summed E-state index contributed by atoms with van der Waals surface area (Å²) in [6, 6.07) is 7.54. The second-order valence-corrected chi connectivity index (χ2v) is 5.87. The molecule has 0 saturated heterocycles. The van der Waals surface area contributed by atoms with Gasteiger partial charge in [-0.25, -0.2) is 5.14 Å². The van der Waals surface area contributed by atoms with Crippen LogP contribution in [0, 0.1) is 0 Å². The van der Waals surface area contributed by atoms with Crippen molar-refractivity contribution < 1.29 is 8.42 Å². The molecule has 0 aliphatic carbocycles. The van der Waals surface area contributed by atoms with Crippen LogP contribution in [0.15, 0.2) is 24.3 Å². The summed E-state index contributed by atoms with van der Waals surface area (Å²) < 4.78 is 25.2. The van der Waals surface area contributed by atoms with Gasteiger partial charge in [-0.1, -0.05) is 19.1 Å². The third kappa shape index (κ3) is 2.34. The number of benzene rings is 1. The molecule has 0 aliphatic rings. The van der Waals surface area contributed by atoms with Gasteiger partial charge < -0.3 is 0 Å². The second-order valence-electron chi connectivity index (χ2n) is 3.44. The SMILES string of the molecule is CCc1cc2cccc(NS(N)(=O)=O)c2s1. The van der Waals surface area contributed by atoms with Gasteiger partial charge in [-0.2, -0.15) is 8.42 Å². The standard InChI is InChI=1S/C10H12N2O2S2/c1-2-8-6-7-4-3-5-9(10(7)15-8)12-16(11,13)14/h3-6,12H,2H2,1H3,(H2,11,13,14). The smallest absolute Gasteiger partial charge is 0.270 e. The lowest BCUT2D eigenvalue weighted by atomic mass is 10.2. The van der Waals surface area contributed by atoms with Crippen molar-refractivity contribution in [3.8, 4) is 0 Å². The summed E-state index contributed by atoms with van der Waals surface area (Å²) in [7, 11) is -3.71. The Balaban J connectivity index is 2.57. The maximum atomic E-state index is 11.0. The molecule has 0 bridgehead atoms. The van der Waals surface area contributed by atoms with Crippen LogP contribution in [0.3, 0.4) is 0 Å². The number of thiophene rings is 1. The third-order valence-corrected chi connectivity index (χ3v) is 4.03. The minimum Gasteiger partial charge on any atom is -0.270 e. The molecule has 6 heteroatoms. The van der Waals surface area contributed by atoms with Gasteiger partial charge in [-0.3, -0.25) is 4.72 Å². The first-order valence-corrected chi connectivity index (χ1v) is 7.18. The Morgan fingerprint density at radius 3 is 2.81 bits per heavy atom. The van der Waals surface area contributed by atoms with Crippen LogP contribution in [-0.2, 0) is 16.6 Å². The number of hydrogen-bond acceptors (Lipinski definition) is 3. The number of aryl methyl sites for hydroxylation is 1. The Morgan fingerprint density at radius 1 is 1.44 bits per heavy atom. The van der Waals surface area contributed by atoms with Crippen molar-refractivity contribution in [2.45, 2.75) is 13.3 Å². The molecular formula is C10H12N2O2S2. The van der Waals surface area contributed by atoms with Gasteiger partial charge in [0.05, 0.1) is 10.4 Å². The molecule has 0 unspecified atom stereocenters. The molecular weight excluding hydrogens is 244 g/mol. The summed E-state index contributed by atoms with van der Waals surface area (Å²) in [5.41, 5.74) is 0.546. The van der Waals surface area contributed by atoms with E-state index < -0.39 is 10.2 Å². The summed E-state index contributed by atoms with van der Waals surface area (Å²) in [4.78, 5) is 1.22. The molecule has 0 saturated carbocycles. The average molecular weight is 256 g/mol. The number of hydrogen-bond donors (Lipinski definition) is 2. The molecule has 0 aliphatic heterocycles.